The highest BCUT2D eigenvalue weighted by atomic mass is 35.5. The minimum Gasteiger partial charge on any atom is -0.355 e. The van der Waals surface area contributed by atoms with Gasteiger partial charge in [0, 0.05) is 13.6 Å². The first-order chi connectivity index (χ1) is 8.37. The maximum absolute atomic E-state index is 12.0. The van der Waals surface area contributed by atoms with E-state index >= 15 is 0 Å². The molecule has 1 aromatic rings. The van der Waals surface area contributed by atoms with Crippen LogP contribution in [0, 0.1) is 0 Å². The van der Waals surface area contributed by atoms with Crippen molar-refractivity contribution in [1.29, 1.82) is 0 Å². The first-order valence-corrected chi connectivity index (χ1v) is 7.85. The molecule has 0 radical (unpaired) electrons. The van der Waals surface area contributed by atoms with E-state index < -0.39 is 10.0 Å². The normalized spacial score (nSPS) is 11.8. The van der Waals surface area contributed by atoms with Gasteiger partial charge in [-0.1, -0.05) is 29.9 Å². The fourth-order valence-corrected chi connectivity index (χ4v) is 3.75. The van der Waals surface area contributed by atoms with Gasteiger partial charge in [-0.05, 0) is 6.42 Å². The number of thiazole rings is 1. The van der Waals surface area contributed by atoms with Crippen LogP contribution in [0.3, 0.4) is 0 Å². The highest BCUT2D eigenvalue weighted by Gasteiger charge is 2.25. The quantitative estimate of drug-likeness (QED) is 0.848. The van der Waals surface area contributed by atoms with Crippen LogP contribution in [0.1, 0.15) is 13.3 Å². The fourth-order valence-electron chi connectivity index (χ4n) is 1.12. The van der Waals surface area contributed by atoms with Crippen LogP contribution >= 0.6 is 22.9 Å². The van der Waals surface area contributed by atoms with Crippen molar-refractivity contribution in [3.63, 3.8) is 0 Å². The Hall–Kier alpha value is -0.700. The zero-order chi connectivity index (χ0) is 13.8. The van der Waals surface area contributed by atoms with E-state index in [1.165, 1.54) is 13.2 Å². The Bertz CT molecular complexity index is 515. The van der Waals surface area contributed by atoms with Gasteiger partial charge in [0.05, 0.1) is 12.7 Å². The maximum atomic E-state index is 12.0. The molecule has 0 spiro atoms. The Morgan fingerprint density at radius 3 is 2.78 bits per heavy atom. The Labute approximate surface area is 115 Å². The number of sulfonamides is 1. The predicted molar refractivity (Wildman–Crippen MR) is 70.2 cm³/mol. The summed E-state index contributed by atoms with van der Waals surface area (Å²) in [6, 6.07) is 0. The number of nitrogens with one attached hydrogen (secondary N) is 1. The lowest BCUT2D eigenvalue weighted by Crippen LogP contribution is -2.38. The Kier molecular flexibility index (Phi) is 5.51. The van der Waals surface area contributed by atoms with Crippen molar-refractivity contribution in [2.45, 2.75) is 17.6 Å². The summed E-state index contributed by atoms with van der Waals surface area (Å²) in [6.45, 7) is 2.22. The third-order valence-corrected chi connectivity index (χ3v) is 5.41. The third-order valence-electron chi connectivity index (χ3n) is 2.06. The molecular weight excluding hydrogens is 298 g/mol. The highest BCUT2D eigenvalue weighted by molar-refractivity contribution is 7.91. The van der Waals surface area contributed by atoms with E-state index in [0.29, 0.717) is 6.54 Å². The van der Waals surface area contributed by atoms with E-state index in [-0.39, 0.29) is 21.1 Å². The van der Waals surface area contributed by atoms with Crippen molar-refractivity contribution in [3.05, 3.63) is 10.7 Å². The number of hydrogen-bond acceptors (Lipinski definition) is 5. The van der Waals surface area contributed by atoms with Gasteiger partial charge in [0.25, 0.3) is 10.0 Å². The van der Waals surface area contributed by atoms with Crippen LogP contribution in [0.4, 0.5) is 0 Å². The predicted octanol–water partition coefficient (Wildman–Crippen LogP) is 0.943. The van der Waals surface area contributed by atoms with Gasteiger partial charge in [-0.25, -0.2) is 13.4 Å². The summed E-state index contributed by atoms with van der Waals surface area (Å²) in [5.74, 6) is -0.335. The molecule has 0 saturated heterocycles. The van der Waals surface area contributed by atoms with Crippen LogP contribution < -0.4 is 5.32 Å². The molecule has 1 amide bonds. The molecule has 0 aliphatic rings. The lowest BCUT2D eigenvalue weighted by Gasteiger charge is -2.15. The SMILES string of the molecule is CCCNC(=O)CN(C)S(=O)(=O)c1cnc(Cl)s1. The van der Waals surface area contributed by atoms with Crippen LogP contribution in [-0.2, 0) is 14.8 Å². The molecule has 0 aromatic carbocycles. The van der Waals surface area contributed by atoms with Crippen molar-refractivity contribution in [2.24, 2.45) is 0 Å². The van der Waals surface area contributed by atoms with E-state index in [1.54, 1.807) is 0 Å². The largest absolute Gasteiger partial charge is 0.355 e. The number of rotatable bonds is 6. The zero-order valence-electron chi connectivity index (χ0n) is 10.0. The molecule has 0 unspecified atom stereocenters. The molecular formula is C9H14ClN3O3S2. The standard InChI is InChI=1S/C9H14ClN3O3S2/c1-3-4-11-7(14)6-13(2)18(15,16)8-5-12-9(10)17-8/h5H,3-4,6H2,1-2H3,(H,11,14). The van der Waals surface area contributed by atoms with Crippen LogP contribution in [0.2, 0.25) is 4.47 Å². The smallest absolute Gasteiger partial charge is 0.254 e. The van der Waals surface area contributed by atoms with E-state index in [0.717, 1.165) is 22.1 Å². The molecule has 0 aliphatic carbocycles. The van der Waals surface area contributed by atoms with E-state index in [4.69, 9.17) is 11.6 Å². The number of nitrogens with zero attached hydrogens (tertiary/aromatic N) is 2. The van der Waals surface area contributed by atoms with E-state index in [1.807, 2.05) is 6.92 Å². The summed E-state index contributed by atoms with van der Waals surface area (Å²) in [5, 5.41) is 2.61. The summed E-state index contributed by atoms with van der Waals surface area (Å²) < 4.78 is 25.2. The minimum atomic E-state index is -3.69. The van der Waals surface area contributed by atoms with Crippen molar-refractivity contribution in [3.8, 4) is 0 Å². The second-order valence-electron chi connectivity index (χ2n) is 3.54. The molecule has 6 nitrogen and oxygen atoms in total. The molecule has 1 aromatic heterocycles. The molecule has 0 saturated carbocycles. The molecule has 0 aliphatic heterocycles. The van der Waals surface area contributed by atoms with Crippen LogP contribution in [-0.4, -0.2) is 43.8 Å². The Morgan fingerprint density at radius 1 is 1.61 bits per heavy atom. The second-order valence-corrected chi connectivity index (χ2v) is 7.43. The van der Waals surface area contributed by atoms with Gasteiger partial charge < -0.3 is 5.32 Å². The highest BCUT2D eigenvalue weighted by Crippen LogP contribution is 2.24. The first kappa shape index (κ1) is 15.4. The van der Waals surface area contributed by atoms with Gasteiger partial charge in [0.15, 0.2) is 8.68 Å². The molecule has 102 valence electrons. The Morgan fingerprint density at radius 2 is 2.28 bits per heavy atom. The summed E-state index contributed by atoms with van der Waals surface area (Å²) in [4.78, 5) is 15.1. The zero-order valence-corrected chi connectivity index (χ0v) is 12.4. The number of likely N-dealkylation sites (N-methyl/N-ethyl adjacent to an activating group) is 1. The van der Waals surface area contributed by atoms with Gasteiger partial charge in [0.1, 0.15) is 0 Å². The number of carbonyl (C=O) groups is 1. The van der Waals surface area contributed by atoms with Gasteiger partial charge in [-0.15, -0.1) is 0 Å². The molecule has 0 atom stereocenters. The van der Waals surface area contributed by atoms with Gasteiger partial charge in [-0.2, -0.15) is 4.31 Å². The maximum Gasteiger partial charge on any atom is 0.254 e. The van der Waals surface area contributed by atoms with Gasteiger partial charge >= 0.3 is 0 Å². The molecule has 1 heterocycles. The number of carbonyl (C=O) groups excluding carboxylic acids is 1. The minimum absolute atomic E-state index is 0.0262. The number of hydrogen-bond donors (Lipinski definition) is 1. The van der Waals surface area contributed by atoms with E-state index in [9.17, 15) is 13.2 Å². The first-order valence-electron chi connectivity index (χ1n) is 5.22. The third kappa shape index (κ3) is 3.91. The molecule has 1 rings (SSSR count). The molecule has 0 bridgehead atoms. The van der Waals surface area contributed by atoms with Crippen LogP contribution in [0.5, 0.6) is 0 Å². The Balaban J connectivity index is 2.71. The second kappa shape index (κ2) is 6.46. The number of aromatic nitrogens is 1. The van der Waals surface area contributed by atoms with Gasteiger partial charge in [0.2, 0.25) is 5.91 Å². The van der Waals surface area contributed by atoms with Crippen molar-refractivity contribution in [1.82, 2.24) is 14.6 Å². The van der Waals surface area contributed by atoms with Crippen LogP contribution in [0.15, 0.2) is 10.4 Å². The molecule has 1 N–H and O–H groups in total. The molecule has 9 heteroatoms. The monoisotopic (exact) mass is 311 g/mol. The topological polar surface area (TPSA) is 79.4 Å². The summed E-state index contributed by atoms with van der Waals surface area (Å²) >= 11 is 6.45. The van der Waals surface area contributed by atoms with Crippen LogP contribution in [0.25, 0.3) is 0 Å². The van der Waals surface area contributed by atoms with Crippen molar-refractivity contribution in [2.75, 3.05) is 20.1 Å². The lowest BCUT2D eigenvalue weighted by molar-refractivity contribution is -0.121. The summed E-state index contributed by atoms with van der Waals surface area (Å²) in [5.41, 5.74) is 0. The summed E-state index contributed by atoms with van der Waals surface area (Å²) in [7, 11) is -2.35. The average molecular weight is 312 g/mol. The summed E-state index contributed by atoms with van der Waals surface area (Å²) in [6.07, 6.45) is 1.98. The fraction of sp³-hybridized carbons (Fsp3) is 0.556. The number of halogens is 1. The van der Waals surface area contributed by atoms with E-state index in [2.05, 4.69) is 10.3 Å². The lowest BCUT2D eigenvalue weighted by atomic mass is 10.4. The van der Waals surface area contributed by atoms with Crippen molar-refractivity contribution >= 4 is 38.9 Å². The molecule has 18 heavy (non-hydrogen) atoms. The van der Waals surface area contributed by atoms with Gasteiger partial charge in [-0.3, -0.25) is 4.79 Å². The molecule has 0 fully saturated rings. The van der Waals surface area contributed by atoms with Crippen molar-refractivity contribution < 1.29 is 13.2 Å². The number of amides is 1. The average Bonchev–Trinajstić information content (AvgIpc) is 2.73.